The summed E-state index contributed by atoms with van der Waals surface area (Å²) < 4.78 is 0. The fourth-order valence-electron chi connectivity index (χ4n) is 5.34. The lowest BCUT2D eigenvalue weighted by molar-refractivity contribution is 0.660. The summed E-state index contributed by atoms with van der Waals surface area (Å²) in [5.74, 6) is 0. The van der Waals surface area contributed by atoms with E-state index in [1.807, 2.05) is 27.7 Å². The average molecular weight is 457 g/mol. The molecule has 0 fully saturated rings. The third-order valence-corrected chi connectivity index (χ3v) is 6.88. The van der Waals surface area contributed by atoms with Crippen LogP contribution in [0.3, 0.4) is 0 Å². The van der Waals surface area contributed by atoms with Gasteiger partial charge in [0.05, 0.1) is 0 Å². The van der Waals surface area contributed by atoms with Crippen LogP contribution in [0.2, 0.25) is 0 Å². The van der Waals surface area contributed by atoms with Gasteiger partial charge in [-0.1, -0.05) is 151 Å². The summed E-state index contributed by atoms with van der Waals surface area (Å²) >= 11 is 0. The van der Waals surface area contributed by atoms with Crippen LogP contribution in [-0.2, 0) is 5.41 Å². The van der Waals surface area contributed by atoms with Gasteiger partial charge in [0.25, 0.3) is 0 Å². The van der Waals surface area contributed by atoms with E-state index in [0.29, 0.717) is 0 Å². The van der Waals surface area contributed by atoms with Crippen molar-refractivity contribution in [3.8, 4) is 11.1 Å². The normalized spacial score (nSPS) is 12.5. The zero-order chi connectivity index (χ0) is 25.0. The van der Waals surface area contributed by atoms with Gasteiger partial charge in [-0.15, -0.1) is 0 Å². The number of hydrogen-bond acceptors (Lipinski definition) is 0. The lowest BCUT2D eigenvalue weighted by Gasteiger charge is -2.20. The highest BCUT2D eigenvalue weighted by atomic mass is 14.4. The van der Waals surface area contributed by atoms with Crippen molar-refractivity contribution in [3.05, 3.63) is 120 Å². The Balaban J connectivity index is 0.000000145. The van der Waals surface area contributed by atoms with Gasteiger partial charge in [0.15, 0.2) is 0 Å². The van der Waals surface area contributed by atoms with Crippen molar-refractivity contribution in [1.82, 2.24) is 0 Å². The van der Waals surface area contributed by atoms with Crippen molar-refractivity contribution >= 4 is 32.3 Å². The van der Waals surface area contributed by atoms with Crippen LogP contribution in [0.1, 0.15) is 52.7 Å². The fraction of sp³-hybridized carbons (Fsp3) is 0.200. The predicted octanol–water partition coefficient (Wildman–Crippen LogP) is 10.6. The zero-order valence-corrected chi connectivity index (χ0v) is 21.9. The maximum absolute atomic E-state index is 2.30. The van der Waals surface area contributed by atoms with Gasteiger partial charge in [-0.25, -0.2) is 0 Å². The Morgan fingerprint density at radius 3 is 1.03 bits per heavy atom. The highest BCUT2D eigenvalue weighted by Crippen LogP contribution is 2.48. The van der Waals surface area contributed by atoms with E-state index in [1.54, 1.807) is 0 Å². The highest BCUT2D eigenvalue weighted by Gasteiger charge is 2.34. The van der Waals surface area contributed by atoms with Gasteiger partial charge < -0.3 is 0 Å². The quantitative estimate of drug-likeness (QED) is 0.199. The summed E-state index contributed by atoms with van der Waals surface area (Å²) in [7, 11) is 0. The summed E-state index contributed by atoms with van der Waals surface area (Å²) in [5, 5.41) is 8.14. The van der Waals surface area contributed by atoms with Gasteiger partial charge in [-0.05, 0) is 54.6 Å². The van der Waals surface area contributed by atoms with Crippen LogP contribution in [0.25, 0.3) is 43.4 Å². The summed E-state index contributed by atoms with van der Waals surface area (Å²) in [6.45, 7) is 12.6. The van der Waals surface area contributed by atoms with Crippen molar-refractivity contribution in [1.29, 1.82) is 0 Å². The Morgan fingerprint density at radius 2 is 0.686 bits per heavy atom. The van der Waals surface area contributed by atoms with Gasteiger partial charge in [-0.3, -0.25) is 0 Å². The van der Waals surface area contributed by atoms with Crippen molar-refractivity contribution < 1.29 is 0 Å². The average Bonchev–Trinajstić information content (AvgIpc) is 3.17. The van der Waals surface area contributed by atoms with E-state index in [1.165, 1.54) is 54.6 Å². The minimum Gasteiger partial charge on any atom is -0.0683 e. The molecule has 0 unspecified atom stereocenters. The maximum atomic E-state index is 2.30. The Hall–Kier alpha value is -3.64. The molecule has 0 bridgehead atoms. The molecule has 0 saturated heterocycles. The molecule has 0 heteroatoms. The Labute approximate surface area is 210 Å². The third kappa shape index (κ3) is 4.19. The van der Waals surface area contributed by atoms with Crippen LogP contribution in [0, 0.1) is 0 Å². The molecule has 1 aliphatic rings. The minimum absolute atomic E-state index is 0.160. The molecule has 0 aromatic heterocycles. The second-order valence-corrected chi connectivity index (χ2v) is 9.01. The van der Waals surface area contributed by atoms with Crippen molar-refractivity contribution in [2.24, 2.45) is 0 Å². The molecule has 35 heavy (non-hydrogen) atoms. The molecule has 7 rings (SSSR count). The molecule has 0 nitrogen and oxygen atoms in total. The second kappa shape index (κ2) is 10.3. The van der Waals surface area contributed by atoms with Crippen molar-refractivity contribution in [3.63, 3.8) is 0 Å². The fourth-order valence-corrected chi connectivity index (χ4v) is 5.34. The molecular weight excluding hydrogens is 420 g/mol. The first-order valence-electron chi connectivity index (χ1n) is 13.0. The molecule has 6 aromatic carbocycles. The van der Waals surface area contributed by atoms with E-state index in [2.05, 4.69) is 123 Å². The molecule has 1 aliphatic carbocycles. The van der Waals surface area contributed by atoms with Crippen LogP contribution in [0.15, 0.2) is 109 Å². The van der Waals surface area contributed by atoms with Crippen molar-refractivity contribution in [2.45, 2.75) is 47.0 Å². The molecule has 0 heterocycles. The summed E-state index contributed by atoms with van der Waals surface area (Å²) in [4.78, 5) is 0. The monoisotopic (exact) mass is 456 g/mol. The van der Waals surface area contributed by atoms with Crippen LogP contribution in [0.5, 0.6) is 0 Å². The standard InChI is InChI=1S/C16H10.C15H14.2C2H6/c1-3-11-7-9-13-5-2-6-14-10-8-12(4-1)15(11)16(13)14;1-15(2)13-9-5-3-7-11(13)12-8-4-6-10-14(12)15;2*1-2/h1-10H;3-10H,1-2H3;2*1-2H3. The topological polar surface area (TPSA) is 0 Å². The van der Waals surface area contributed by atoms with Crippen LogP contribution < -0.4 is 0 Å². The molecule has 0 amide bonds. The first kappa shape index (κ1) is 24.5. The smallest absolute Gasteiger partial charge is 0.0158 e. The molecule has 0 atom stereocenters. The van der Waals surface area contributed by atoms with Gasteiger partial charge in [0.1, 0.15) is 0 Å². The molecule has 0 aliphatic heterocycles. The third-order valence-electron chi connectivity index (χ3n) is 6.88. The first-order valence-corrected chi connectivity index (χ1v) is 13.0. The van der Waals surface area contributed by atoms with Crippen LogP contribution >= 0.6 is 0 Å². The number of benzene rings is 6. The molecule has 0 N–H and O–H groups in total. The van der Waals surface area contributed by atoms with Gasteiger partial charge in [0, 0.05) is 5.41 Å². The van der Waals surface area contributed by atoms with E-state index in [0.717, 1.165) is 0 Å². The zero-order valence-electron chi connectivity index (χ0n) is 21.9. The number of fused-ring (bicyclic) bond motifs is 3. The summed E-state index contributed by atoms with van der Waals surface area (Å²) in [6.07, 6.45) is 0. The van der Waals surface area contributed by atoms with Gasteiger partial charge in [-0.2, -0.15) is 0 Å². The molecule has 6 aromatic rings. The first-order chi connectivity index (χ1) is 17.1. The number of rotatable bonds is 0. The van der Waals surface area contributed by atoms with E-state index >= 15 is 0 Å². The molecule has 0 spiro atoms. The lowest BCUT2D eigenvalue weighted by atomic mass is 9.82. The van der Waals surface area contributed by atoms with E-state index < -0.39 is 0 Å². The summed E-state index contributed by atoms with van der Waals surface area (Å²) in [6, 6.07) is 39.3. The van der Waals surface area contributed by atoms with Crippen molar-refractivity contribution in [2.75, 3.05) is 0 Å². The predicted molar refractivity (Wildman–Crippen MR) is 157 cm³/mol. The SMILES string of the molecule is CC.CC.CC1(C)c2ccccc2-c2ccccc21.c1cc2ccc3cccc4ccc(c1)c2c34. The minimum atomic E-state index is 0.160. The molecule has 176 valence electrons. The lowest BCUT2D eigenvalue weighted by Crippen LogP contribution is -2.14. The Bertz CT molecular complexity index is 1370. The van der Waals surface area contributed by atoms with E-state index in [4.69, 9.17) is 0 Å². The van der Waals surface area contributed by atoms with Gasteiger partial charge in [0.2, 0.25) is 0 Å². The Morgan fingerprint density at radius 1 is 0.371 bits per heavy atom. The maximum Gasteiger partial charge on any atom is 0.0158 e. The highest BCUT2D eigenvalue weighted by molar-refractivity contribution is 6.22. The number of hydrogen-bond donors (Lipinski definition) is 0. The van der Waals surface area contributed by atoms with Crippen LogP contribution in [-0.4, -0.2) is 0 Å². The Kier molecular flexibility index (Phi) is 7.22. The van der Waals surface area contributed by atoms with Gasteiger partial charge >= 0.3 is 0 Å². The van der Waals surface area contributed by atoms with E-state index in [9.17, 15) is 0 Å². The molecular formula is C35H36. The van der Waals surface area contributed by atoms with Crippen LogP contribution in [0.4, 0.5) is 0 Å². The largest absolute Gasteiger partial charge is 0.0683 e. The summed E-state index contributed by atoms with van der Waals surface area (Å²) in [5.41, 5.74) is 5.86. The second-order valence-electron chi connectivity index (χ2n) is 9.01. The molecule has 0 radical (unpaired) electrons. The molecule has 0 saturated carbocycles. The van der Waals surface area contributed by atoms with E-state index in [-0.39, 0.29) is 5.41 Å².